The Morgan fingerprint density at radius 3 is 2.43 bits per heavy atom. The molecule has 0 radical (unpaired) electrons. The fraction of sp³-hybridized carbons (Fsp3) is 0.583. The van der Waals surface area contributed by atoms with Gasteiger partial charge in [-0.3, -0.25) is 0 Å². The molecule has 0 atom stereocenters. The largest absolute Gasteiger partial charge is 0.384 e. The average molecular weight is 190 g/mol. The summed E-state index contributed by atoms with van der Waals surface area (Å²) in [5, 5.41) is 0. The average Bonchev–Trinajstić information content (AvgIpc) is 2.85. The monoisotopic (exact) mass is 190 g/mol. The third-order valence-electron chi connectivity index (χ3n) is 2.68. The Morgan fingerprint density at radius 2 is 1.93 bits per heavy atom. The Kier molecular flexibility index (Phi) is 2.02. The first-order valence-electron chi connectivity index (χ1n) is 5.25. The van der Waals surface area contributed by atoms with Crippen molar-refractivity contribution in [3.63, 3.8) is 0 Å². The minimum Gasteiger partial charge on any atom is -0.384 e. The van der Waals surface area contributed by atoms with Crippen LogP contribution in [0.4, 0.5) is 5.82 Å². The van der Waals surface area contributed by atoms with E-state index >= 15 is 0 Å². The van der Waals surface area contributed by atoms with Crippen molar-refractivity contribution in [2.24, 2.45) is 0 Å². The molecule has 0 aromatic carbocycles. The second-order valence-electron chi connectivity index (χ2n) is 5.20. The zero-order valence-corrected chi connectivity index (χ0v) is 9.17. The van der Waals surface area contributed by atoms with Crippen LogP contribution in [0.5, 0.6) is 0 Å². The van der Waals surface area contributed by atoms with Gasteiger partial charge in [-0.05, 0) is 30.4 Å². The Hall–Kier alpha value is -1.05. The van der Waals surface area contributed by atoms with Gasteiger partial charge in [0.25, 0.3) is 0 Å². The molecule has 2 N–H and O–H groups in total. The summed E-state index contributed by atoms with van der Waals surface area (Å²) in [6.07, 6.45) is 2.63. The predicted molar refractivity (Wildman–Crippen MR) is 59.3 cm³/mol. The molecular weight excluding hydrogens is 172 g/mol. The van der Waals surface area contributed by atoms with Crippen LogP contribution in [0.2, 0.25) is 0 Å². The second kappa shape index (κ2) is 2.97. The maximum atomic E-state index is 5.73. The van der Waals surface area contributed by atoms with E-state index in [1.165, 1.54) is 24.1 Å². The van der Waals surface area contributed by atoms with Crippen molar-refractivity contribution in [3.8, 4) is 0 Å². The number of rotatable bonds is 1. The highest BCUT2D eigenvalue weighted by Crippen LogP contribution is 2.43. The normalized spacial score (nSPS) is 17.1. The van der Waals surface area contributed by atoms with Crippen molar-refractivity contribution < 1.29 is 0 Å². The number of aromatic nitrogens is 1. The van der Waals surface area contributed by atoms with Gasteiger partial charge in [-0.2, -0.15) is 0 Å². The SMILES string of the molecule is CC(C)(C)c1nc(N)ccc1C1CC1. The van der Waals surface area contributed by atoms with Crippen molar-refractivity contribution in [1.82, 2.24) is 4.98 Å². The first-order valence-corrected chi connectivity index (χ1v) is 5.25. The maximum absolute atomic E-state index is 5.73. The molecule has 1 heterocycles. The number of nitrogens with zero attached hydrogens (tertiary/aromatic N) is 1. The summed E-state index contributed by atoms with van der Waals surface area (Å²) in [5.41, 5.74) is 8.43. The minimum absolute atomic E-state index is 0.104. The summed E-state index contributed by atoms with van der Waals surface area (Å²) in [5.74, 6) is 1.39. The van der Waals surface area contributed by atoms with E-state index in [1.807, 2.05) is 6.07 Å². The number of hydrogen-bond acceptors (Lipinski definition) is 2. The number of pyridine rings is 1. The van der Waals surface area contributed by atoms with Crippen molar-refractivity contribution in [3.05, 3.63) is 23.4 Å². The van der Waals surface area contributed by atoms with E-state index < -0.39 is 0 Å². The van der Waals surface area contributed by atoms with E-state index in [0.29, 0.717) is 5.82 Å². The molecule has 76 valence electrons. The third-order valence-corrected chi connectivity index (χ3v) is 2.68. The molecule has 1 saturated carbocycles. The topological polar surface area (TPSA) is 38.9 Å². The van der Waals surface area contributed by atoms with E-state index in [4.69, 9.17) is 5.73 Å². The molecule has 2 rings (SSSR count). The van der Waals surface area contributed by atoms with Gasteiger partial charge in [-0.25, -0.2) is 4.98 Å². The van der Waals surface area contributed by atoms with E-state index in [0.717, 1.165) is 5.92 Å². The Morgan fingerprint density at radius 1 is 1.29 bits per heavy atom. The van der Waals surface area contributed by atoms with Crippen LogP contribution in [-0.2, 0) is 5.41 Å². The summed E-state index contributed by atoms with van der Waals surface area (Å²) in [6.45, 7) is 6.59. The molecule has 2 heteroatoms. The molecule has 0 unspecified atom stereocenters. The molecule has 1 aromatic heterocycles. The van der Waals surface area contributed by atoms with E-state index in [-0.39, 0.29) is 5.41 Å². The van der Waals surface area contributed by atoms with Gasteiger partial charge in [0.15, 0.2) is 0 Å². The second-order valence-corrected chi connectivity index (χ2v) is 5.20. The molecule has 14 heavy (non-hydrogen) atoms. The van der Waals surface area contributed by atoms with Gasteiger partial charge in [0.2, 0.25) is 0 Å². The zero-order valence-electron chi connectivity index (χ0n) is 9.17. The highest BCUT2D eigenvalue weighted by Gasteiger charge is 2.30. The molecule has 1 aromatic rings. The lowest BCUT2D eigenvalue weighted by Gasteiger charge is -2.21. The molecular formula is C12H18N2. The molecule has 1 aliphatic carbocycles. The van der Waals surface area contributed by atoms with Crippen LogP contribution in [0.1, 0.15) is 50.8 Å². The number of anilines is 1. The minimum atomic E-state index is 0.104. The lowest BCUT2D eigenvalue weighted by Crippen LogP contribution is -2.17. The summed E-state index contributed by atoms with van der Waals surface area (Å²) >= 11 is 0. The molecule has 1 aliphatic rings. The lowest BCUT2D eigenvalue weighted by atomic mass is 9.87. The van der Waals surface area contributed by atoms with Crippen molar-refractivity contribution >= 4 is 5.82 Å². The number of nitrogen functional groups attached to an aromatic ring is 1. The molecule has 0 spiro atoms. The first kappa shape index (κ1) is 9.50. The molecule has 1 fully saturated rings. The van der Waals surface area contributed by atoms with Gasteiger partial charge in [0.05, 0.1) is 5.69 Å². The summed E-state index contributed by atoms with van der Waals surface area (Å²) in [4.78, 5) is 4.48. The standard InChI is InChI=1S/C12H18N2/c1-12(2,3)11-9(8-4-5-8)6-7-10(13)14-11/h6-8H,4-5H2,1-3H3,(H2,13,14). The summed E-state index contributed by atoms with van der Waals surface area (Å²) < 4.78 is 0. The van der Waals surface area contributed by atoms with Crippen LogP contribution in [0.15, 0.2) is 12.1 Å². The quantitative estimate of drug-likeness (QED) is 0.739. The smallest absolute Gasteiger partial charge is 0.123 e. The first-order chi connectivity index (χ1) is 6.48. The molecule has 0 amide bonds. The Bertz CT molecular complexity index is 346. The van der Waals surface area contributed by atoms with Crippen LogP contribution in [0.3, 0.4) is 0 Å². The van der Waals surface area contributed by atoms with Crippen LogP contribution in [0.25, 0.3) is 0 Å². The van der Waals surface area contributed by atoms with E-state index in [9.17, 15) is 0 Å². The van der Waals surface area contributed by atoms with Crippen molar-refractivity contribution in [2.45, 2.75) is 44.9 Å². The van der Waals surface area contributed by atoms with Gasteiger partial charge < -0.3 is 5.73 Å². The fourth-order valence-corrected chi connectivity index (χ4v) is 1.81. The summed E-state index contributed by atoms with van der Waals surface area (Å²) in [6, 6.07) is 4.07. The van der Waals surface area contributed by atoms with Gasteiger partial charge in [-0.15, -0.1) is 0 Å². The van der Waals surface area contributed by atoms with Gasteiger partial charge in [0, 0.05) is 5.41 Å². The van der Waals surface area contributed by atoms with E-state index in [1.54, 1.807) is 0 Å². The van der Waals surface area contributed by atoms with Crippen LogP contribution in [0, 0.1) is 0 Å². The maximum Gasteiger partial charge on any atom is 0.123 e. The van der Waals surface area contributed by atoms with Crippen LogP contribution >= 0.6 is 0 Å². The Labute approximate surface area is 85.5 Å². The van der Waals surface area contributed by atoms with Crippen molar-refractivity contribution in [2.75, 3.05) is 5.73 Å². The third kappa shape index (κ3) is 1.74. The number of nitrogens with two attached hydrogens (primary N) is 1. The lowest BCUT2D eigenvalue weighted by molar-refractivity contribution is 0.561. The molecule has 0 saturated heterocycles. The van der Waals surface area contributed by atoms with Gasteiger partial charge in [0.1, 0.15) is 5.82 Å². The highest BCUT2D eigenvalue weighted by atomic mass is 14.9. The fourth-order valence-electron chi connectivity index (χ4n) is 1.81. The van der Waals surface area contributed by atoms with E-state index in [2.05, 4.69) is 31.8 Å². The Balaban J connectivity index is 2.48. The molecule has 0 bridgehead atoms. The van der Waals surface area contributed by atoms with Crippen LogP contribution < -0.4 is 5.73 Å². The van der Waals surface area contributed by atoms with Gasteiger partial charge >= 0.3 is 0 Å². The number of hydrogen-bond donors (Lipinski definition) is 1. The van der Waals surface area contributed by atoms with Crippen molar-refractivity contribution in [1.29, 1.82) is 0 Å². The summed E-state index contributed by atoms with van der Waals surface area (Å²) in [7, 11) is 0. The molecule has 0 aliphatic heterocycles. The van der Waals surface area contributed by atoms with Gasteiger partial charge in [-0.1, -0.05) is 26.8 Å². The highest BCUT2D eigenvalue weighted by molar-refractivity contribution is 5.40. The zero-order chi connectivity index (χ0) is 10.3. The van der Waals surface area contributed by atoms with Crippen LogP contribution in [-0.4, -0.2) is 4.98 Å². The predicted octanol–water partition coefficient (Wildman–Crippen LogP) is 2.84. The molecule has 2 nitrogen and oxygen atoms in total.